The summed E-state index contributed by atoms with van der Waals surface area (Å²) in [7, 11) is 0. The van der Waals surface area contributed by atoms with Crippen LogP contribution in [0.2, 0.25) is 0 Å². The van der Waals surface area contributed by atoms with E-state index in [9.17, 15) is 9.90 Å². The lowest BCUT2D eigenvalue weighted by molar-refractivity contribution is -0.139. The van der Waals surface area contributed by atoms with Crippen LogP contribution in [0.1, 0.15) is 63.8 Å². The van der Waals surface area contributed by atoms with Crippen molar-refractivity contribution in [2.45, 2.75) is 71.5 Å². The molecule has 0 saturated carbocycles. The number of aliphatic carboxylic acids is 1. The molecule has 2 aromatic rings. The van der Waals surface area contributed by atoms with Gasteiger partial charge in [0.25, 0.3) is 0 Å². The number of nitrogens with one attached hydrogen (secondary N) is 1. The highest BCUT2D eigenvalue weighted by atomic mass is 16.4. The van der Waals surface area contributed by atoms with Crippen LogP contribution in [-0.2, 0) is 23.3 Å². The molecule has 1 atom stereocenters. The van der Waals surface area contributed by atoms with E-state index in [2.05, 4.69) is 45.1 Å². The molecule has 0 amide bonds. The molecule has 5 nitrogen and oxygen atoms in total. The van der Waals surface area contributed by atoms with Crippen molar-refractivity contribution in [2.24, 2.45) is 0 Å². The minimum atomic E-state index is -0.785. The lowest BCUT2D eigenvalue weighted by Crippen LogP contribution is -2.36. The predicted octanol–water partition coefficient (Wildman–Crippen LogP) is 3.96. The van der Waals surface area contributed by atoms with Gasteiger partial charge in [-0.1, -0.05) is 70.9 Å². The zero-order valence-electron chi connectivity index (χ0n) is 16.3. The van der Waals surface area contributed by atoms with Crippen molar-refractivity contribution in [3.05, 3.63) is 53.3 Å². The van der Waals surface area contributed by atoms with E-state index in [0.717, 1.165) is 24.1 Å². The third kappa shape index (κ3) is 5.70. The Bertz CT molecular complexity index is 702. The van der Waals surface area contributed by atoms with Crippen molar-refractivity contribution in [3.8, 4) is 0 Å². The van der Waals surface area contributed by atoms with E-state index in [-0.39, 0.29) is 5.41 Å². The number of hydrogen-bond acceptors (Lipinski definition) is 3. The second-order valence-corrected chi connectivity index (χ2v) is 7.85. The average molecular weight is 357 g/mol. The summed E-state index contributed by atoms with van der Waals surface area (Å²) in [5.41, 5.74) is 3.18. The Kier molecular flexibility index (Phi) is 6.98. The Morgan fingerprint density at radius 3 is 2.54 bits per heavy atom. The van der Waals surface area contributed by atoms with Gasteiger partial charge >= 0.3 is 5.97 Å². The van der Waals surface area contributed by atoms with Crippen LogP contribution < -0.4 is 5.32 Å². The van der Waals surface area contributed by atoms with Gasteiger partial charge in [0.2, 0.25) is 0 Å². The molecule has 26 heavy (non-hydrogen) atoms. The largest absolute Gasteiger partial charge is 0.480 e. The van der Waals surface area contributed by atoms with Crippen LogP contribution in [0.3, 0.4) is 0 Å². The monoisotopic (exact) mass is 357 g/mol. The molecule has 0 saturated heterocycles. The fourth-order valence-electron chi connectivity index (χ4n) is 3.03. The van der Waals surface area contributed by atoms with Crippen molar-refractivity contribution in [2.75, 3.05) is 0 Å². The fourth-order valence-corrected chi connectivity index (χ4v) is 3.03. The van der Waals surface area contributed by atoms with E-state index in [4.69, 9.17) is 5.10 Å². The van der Waals surface area contributed by atoms with Gasteiger partial charge in [-0.3, -0.25) is 9.48 Å². The molecule has 142 valence electrons. The number of carbonyl (C=O) groups is 1. The number of carboxylic acid groups (broad SMARTS) is 1. The minimum absolute atomic E-state index is 0.0961. The van der Waals surface area contributed by atoms with Gasteiger partial charge in [-0.05, 0) is 12.0 Å². The minimum Gasteiger partial charge on any atom is -0.480 e. The highest BCUT2D eigenvalue weighted by molar-refractivity contribution is 5.73. The van der Waals surface area contributed by atoms with E-state index in [0.29, 0.717) is 19.5 Å². The Balaban J connectivity index is 2.16. The molecule has 1 unspecified atom stereocenters. The Morgan fingerprint density at radius 1 is 1.27 bits per heavy atom. The molecule has 0 fully saturated rings. The van der Waals surface area contributed by atoms with Gasteiger partial charge in [-0.25, -0.2) is 0 Å². The van der Waals surface area contributed by atoms with E-state index in [1.165, 1.54) is 5.56 Å². The topological polar surface area (TPSA) is 67.2 Å². The number of carboxylic acids is 1. The molecule has 0 aliphatic carbocycles. The van der Waals surface area contributed by atoms with Crippen LogP contribution >= 0.6 is 0 Å². The fraction of sp³-hybridized carbons (Fsp3) is 0.524. The van der Waals surface area contributed by atoms with Crippen LogP contribution in [0.4, 0.5) is 0 Å². The maximum atomic E-state index is 11.5. The van der Waals surface area contributed by atoms with Gasteiger partial charge in [-0.15, -0.1) is 0 Å². The molecule has 0 aliphatic heterocycles. The number of nitrogens with zero attached hydrogens (tertiary/aromatic N) is 2. The molecule has 0 bridgehead atoms. The number of aromatic nitrogens is 2. The smallest absolute Gasteiger partial charge is 0.320 e. The first-order valence-electron chi connectivity index (χ1n) is 9.38. The molecule has 1 aromatic carbocycles. The molecule has 0 aliphatic rings. The first-order chi connectivity index (χ1) is 12.3. The van der Waals surface area contributed by atoms with Gasteiger partial charge in [0.05, 0.1) is 12.2 Å². The molecule has 2 rings (SSSR count). The standard InChI is InChI=1S/C21H31N3O2/c1-5-6-12-18(20(25)26)22-13-17-15-24(23-19(17)21(2,3)4)14-16-10-8-7-9-11-16/h7-11,15,18,22H,5-6,12-14H2,1-4H3,(H,25,26). The van der Waals surface area contributed by atoms with Crippen LogP contribution in [0.15, 0.2) is 36.5 Å². The molecule has 0 radical (unpaired) electrons. The Hall–Kier alpha value is -2.14. The summed E-state index contributed by atoms with van der Waals surface area (Å²) in [5.74, 6) is -0.785. The van der Waals surface area contributed by atoms with Crippen LogP contribution in [-0.4, -0.2) is 26.9 Å². The molecule has 2 N–H and O–H groups in total. The van der Waals surface area contributed by atoms with E-state index in [1.54, 1.807) is 0 Å². The maximum Gasteiger partial charge on any atom is 0.320 e. The predicted molar refractivity (Wildman–Crippen MR) is 104 cm³/mol. The van der Waals surface area contributed by atoms with E-state index in [1.807, 2.05) is 29.1 Å². The van der Waals surface area contributed by atoms with Crippen molar-refractivity contribution < 1.29 is 9.90 Å². The van der Waals surface area contributed by atoms with Crippen molar-refractivity contribution >= 4 is 5.97 Å². The third-order valence-electron chi connectivity index (χ3n) is 4.42. The molecule has 1 aromatic heterocycles. The summed E-state index contributed by atoms with van der Waals surface area (Å²) in [6, 6.07) is 9.71. The number of unbranched alkanes of at least 4 members (excludes halogenated alkanes) is 1. The lowest BCUT2D eigenvalue weighted by atomic mass is 9.89. The highest BCUT2D eigenvalue weighted by Crippen LogP contribution is 2.25. The average Bonchev–Trinajstić information content (AvgIpc) is 2.98. The summed E-state index contributed by atoms with van der Waals surface area (Å²) in [6.45, 7) is 9.71. The Labute approximate surface area is 156 Å². The van der Waals surface area contributed by atoms with E-state index >= 15 is 0 Å². The first kappa shape index (κ1) is 20.2. The SMILES string of the molecule is CCCCC(NCc1cn(Cc2ccccc2)nc1C(C)(C)C)C(=O)O. The van der Waals surface area contributed by atoms with Crippen molar-refractivity contribution in [1.29, 1.82) is 0 Å². The summed E-state index contributed by atoms with van der Waals surface area (Å²) < 4.78 is 1.95. The number of benzene rings is 1. The summed E-state index contributed by atoms with van der Waals surface area (Å²) in [6.07, 6.45) is 4.59. The van der Waals surface area contributed by atoms with Crippen molar-refractivity contribution in [3.63, 3.8) is 0 Å². The molecular formula is C21H31N3O2. The molecular weight excluding hydrogens is 326 g/mol. The summed E-state index contributed by atoms with van der Waals surface area (Å²) in [5, 5.41) is 17.4. The quantitative estimate of drug-likeness (QED) is 0.713. The molecule has 1 heterocycles. The van der Waals surface area contributed by atoms with Crippen LogP contribution in [0.25, 0.3) is 0 Å². The summed E-state index contributed by atoms with van der Waals surface area (Å²) in [4.78, 5) is 11.5. The number of rotatable bonds is 9. The Morgan fingerprint density at radius 2 is 1.96 bits per heavy atom. The van der Waals surface area contributed by atoms with Crippen molar-refractivity contribution in [1.82, 2.24) is 15.1 Å². The lowest BCUT2D eigenvalue weighted by Gasteiger charge is -2.19. The zero-order valence-corrected chi connectivity index (χ0v) is 16.3. The van der Waals surface area contributed by atoms with Crippen LogP contribution in [0.5, 0.6) is 0 Å². The molecule has 5 heteroatoms. The second-order valence-electron chi connectivity index (χ2n) is 7.85. The normalized spacial score (nSPS) is 12.9. The number of hydrogen-bond donors (Lipinski definition) is 2. The molecule has 0 spiro atoms. The van der Waals surface area contributed by atoms with Gasteiger partial charge in [0.1, 0.15) is 6.04 Å². The van der Waals surface area contributed by atoms with Gasteiger partial charge in [0.15, 0.2) is 0 Å². The van der Waals surface area contributed by atoms with Gasteiger partial charge < -0.3 is 10.4 Å². The zero-order chi connectivity index (χ0) is 19.2. The highest BCUT2D eigenvalue weighted by Gasteiger charge is 2.24. The second kappa shape index (κ2) is 8.99. The maximum absolute atomic E-state index is 11.5. The third-order valence-corrected chi connectivity index (χ3v) is 4.42. The van der Waals surface area contributed by atoms with Crippen LogP contribution in [0, 0.1) is 0 Å². The summed E-state index contributed by atoms with van der Waals surface area (Å²) >= 11 is 0. The van der Waals surface area contributed by atoms with Gasteiger partial charge in [-0.2, -0.15) is 5.10 Å². The van der Waals surface area contributed by atoms with Gasteiger partial charge in [0, 0.05) is 23.7 Å². The van der Waals surface area contributed by atoms with E-state index < -0.39 is 12.0 Å². The first-order valence-corrected chi connectivity index (χ1v) is 9.38.